The van der Waals surface area contributed by atoms with Gasteiger partial charge in [0.25, 0.3) is 0 Å². The van der Waals surface area contributed by atoms with E-state index in [0.29, 0.717) is 6.10 Å². The Bertz CT molecular complexity index is 171. The highest BCUT2D eigenvalue weighted by Gasteiger charge is 2.22. The predicted molar refractivity (Wildman–Crippen MR) is 59.6 cm³/mol. The second kappa shape index (κ2) is 3.58. The van der Waals surface area contributed by atoms with E-state index in [1.165, 1.54) is 16.4 Å². The van der Waals surface area contributed by atoms with Gasteiger partial charge in [-0.1, -0.05) is 0 Å². The fourth-order valence-electron chi connectivity index (χ4n) is 1.20. The van der Waals surface area contributed by atoms with Crippen LogP contribution >= 0.6 is 22.6 Å². The van der Waals surface area contributed by atoms with Crippen molar-refractivity contribution in [2.45, 2.75) is 38.6 Å². The van der Waals surface area contributed by atoms with E-state index in [0.717, 1.165) is 0 Å². The standard InChI is InChI=1S/C8H15IOSi/c1-11(2,3)10-8-5-4-7(9)6-8/h6,8H,4-5H2,1-3H3. The van der Waals surface area contributed by atoms with Crippen molar-refractivity contribution in [3.63, 3.8) is 0 Å². The maximum Gasteiger partial charge on any atom is 0.184 e. The van der Waals surface area contributed by atoms with Crippen LogP contribution in [0.1, 0.15) is 12.8 Å². The van der Waals surface area contributed by atoms with Crippen molar-refractivity contribution < 1.29 is 4.43 Å². The molecule has 0 spiro atoms. The molecule has 0 aliphatic heterocycles. The minimum absolute atomic E-state index is 0.425. The van der Waals surface area contributed by atoms with Gasteiger partial charge in [-0.2, -0.15) is 0 Å². The van der Waals surface area contributed by atoms with E-state index in [4.69, 9.17) is 4.43 Å². The molecular weight excluding hydrogens is 267 g/mol. The molecule has 0 bridgehead atoms. The molecular formula is C8H15IOSi. The Labute approximate surface area is 83.5 Å². The Morgan fingerprint density at radius 2 is 2.18 bits per heavy atom. The molecule has 0 saturated heterocycles. The van der Waals surface area contributed by atoms with Crippen LogP contribution in [0.4, 0.5) is 0 Å². The van der Waals surface area contributed by atoms with Gasteiger partial charge in [-0.25, -0.2) is 0 Å². The molecule has 0 aromatic heterocycles. The zero-order valence-corrected chi connectivity index (χ0v) is 10.5. The zero-order valence-electron chi connectivity index (χ0n) is 7.36. The molecule has 1 nitrogen and oxygen atoms in total. The Balaban J connectivity index is 2.40. The van der Waals surface area contributed by atoms with Crippen molar-refractivity contribution in [1.82, 2.24) is 0 Å². The van der Waals surface area contributed by atoms with Crippen LogP contribution in [-0.2, 0) is 4.43 Å². The Morgan fingerprint density at radius 3 is 2.55 bits per heavy atom. The van der Waals surface area contributed by atoms with E-state index >= 15 is 0 Å². The van der Waals surface area contributed by atoms with Crippen molar-refractivity contribution in [2.24, 2.45) is 0 Å². The molecule has 0 amide bonds. The van der Waals surface area contributed by atoms with Gasteiger partial charge in [0, 0.05) is 0 Å². The molecule has 3 heteroatoms. The van der Waals surface area contributed by atoms with Gasteiger partial charge in [0.15, 0.2) is 8.32 Å². The van der Waals surface area contributed by atoms with Crippen LogP contribution in [0.5, 0.6) is 0 Å². The molecule has 0 fully saturated rings. The minimum atomic E-state index is -1.30. The van der Waals surface area contributed by atoms with Crippen LogP contribution in [0, 0.1) is 0 Å². The first-order chi connectivity index (χ1) is 4.97. The summed E-state index contributed by atoms with van der Waals surface area (Å²) in [5.41, 5.74) is 0. The van der Waals surface area contributed by atoms with E-state index in [2.05, 4.69) is 48.3 Å². The maximum atomic E-state index is 5.93. The highest BCUT2D eigenvalue weighted by atomic mass is 127. The van der Waals surface area contributed by atoms with Gasteiger partial charge in [0.05, 0.1) is 6.10 Å². The fourth-order valence-corrected chi connectivity index (χ4v) is 3.00. The van der Waals surface area contributed by atoms with Gasteiger partial charge in [0.2, 0.25) is 0 Å². The molecule has 1 aliphatic rings. The van der Waals surface area contributed by atoms with E-state index in [1.807, 2.05) is 0 Å². The van der Waals surface area contributed by atoms with Crippen molar-refractivity contribution in [1.29, 1.82) is 0 Å². The van der Waals surface area contributed by atoms with Crippen LogP contribution in [0.2, 0.25) is 19.6 Å². The molecule has 0 saturated carbocycles. The maximum absolute atomic E-state index is 5.93. The highest BCUT2D eigenvalue weighted by Crippen LogP contribution is 2.27. The Hall–Kier alpha value is 0.647. The normalized spacial score (nSPS) is 25.5. The van der Waals surface area contributed by atoms with Gasteiger partial charge < -0.3 is 4.43 Å². The molecule has 1 atom stereocenters. The van der Waals surface area contributed by atoms with Crippen LogP contribution in [0.3, 0.4) is 0 Å². The van der Waals surface area contributed by atoms with Gasteiger partial charge in [0.1, 0.15) is 0 Å². The van der Waals surface area contributed by atoms with Crippen molar-refractivity contribution in [3.05, 3.63) is 9.66 Å². The first kappa shape index (κ1) is 9.73. The average Bonchev–Trinajstić information content (AvgIpc) is 2.10. The number of halogens is 1. The molecule has 1 aliphatic carbocycles. The largest absolute Gasteiger partial charge is 0.411 e. The highest BCUT2D eigenvalue weighted by molar-refractivity contribution is 14.1. The lowest BCUT2D eigenvalue weighted by Crippen LogP contribution is -2.30. The SMILES string of the molecule is C[Si](C)(C)OC1C=C(I)CC1. The van der Waals surface area contributed by atoms with Crippen LogP contribution in [0.15, 0.2) is 9.66 Å². The third-order valence-corrected chi connectivity index (χ3v) is 3.45. The van der Waals surface area contributed by atoms with Gasteiger partial charge >= 0.3 is 0 Å². The van der Waals surface area contributed by atoms with Crippen LogP contribution in [-0.4, -0.2) is 14.4 Å². The third-order valence-electron chi connectivity index (χ3n) is 1.54. The van der Waals surface area contributed by atoms with E-state index in [1.54, 1.807) is 0 Å². The summed E-state index contributed by atoms with van der Waals surface area (Å²) in [4.78, 5) is 0. The molecule has 64 valence electrons. The van der Waals surface area contributed by atoms with Crippen molar-refractivity contribution >= 4 is 30.9 Å². The summed E-state index contributed by atoms with van der Waals surface area (Å²) in [5.74, 6) is 0. The summed E-state index contributed by atoms with van der Waals surface area (Å²) in [5, 5.41) is 0. The Morgan fingerprint density at radius 1 is 1.55 bits per heavy atom. The number of allylic oxidation sites excluding steroid dienone is 1. The van der Waals surface area contributed by atoms with Gasteiger partial charge in [-0.15, -0.1) is 0 Å². The number of rotatable bonds is 2. The third kappa shape index (κ3) is 3.71. The van der Waals surface area contributed by atoms with Gasteiger partial charge in [-0.3, -0.25) is 0 Å². The molecule has 0 heterocycles. The summed E-state index contributed by atoms with van der Waals surface area (Å²) in [6.07, 6.45) is 5.10. The Kier molecular flexibility index (Phi) is 3.16. The fraction of sp³-hybridized carbons (Fsp3) is 0.750. The number of hydrogen-bond donors (Lipinski definition) is 0. The smallest absolute Gasteiger partial charge is 0.184 e. The van der Waals surface area contributed by atoms with Crippen molar-refractivity contribution in [3.8, 4) is 0 Å². The average molecular weight is 282 g/mol. The molecule has 0 N–H and O–H groups in total. The topological polar surface area (TPSA) is 9.23 Å². The second-order valence-corrected chi connectivity index (χ2v) is 9.77. The van der Waals surface area contributed by atoms with Crippen molar-refractivity contribution in [2.75, 3.05) is 0 Å². The molecule has 11 heavy (non-hydrogen) atoms. The molecule has 1 rings (SSSR count). The van der Waals surface area contributed by atoms with Gasteiger partial charge in [-0.05, 0) is 64.7 Å². The summed E-state index contributed by atoms with van der Waals surface area (Å²) in [6.45, 7) is 6.73. The lowest BCUT2D eigenvalue weighted by molar-refractivity contribution is 0.241. The first-order valence-corrected chi connectivity index (χ1v) is 8.50. The van der Waals surface area contributed by atoms with Crippen LogP contribution in [0.25, 0.3) is 0 Å². The summed E-state index contributed by atoms with van der Waals surface area (Å²) in [7, 11) is -1.30. The predicted octanol–water partition coefficient (Wildman–Crippen LogP) is 3.32. The first-order valence-electron chi connectivity index (χ1n) is 4.01. The summed E-state index contributed by atoms with van der Waals surface area (Å²) >= 11 is 2.40. The molecule has 1 unspecified atom stereocenters. The molecule has 0 radical (unpaired) electrons. The monoisotopic (exact) mass is 282 g/mol. The lowest BCUT2D eigenvalue weighted by Gasteiger charge is -2.21. The minimum Gasteiger partial charge on any atom is -0.411 e. The van der Waals surface area contributed by atoms with E-state index < -0.39 is 8.32 Å². The summed E-state index contributed by atoms with van der Waals surface area (Å²) < 4.78 is 7.39. The second-order valence-electron chi connectivity index (χ2n) is 3.92. The zero-order chi connectivity index (χ0) is 8.48. The summed E-state index contributed by atoms with van der Waals surface area (Å²) in [6, 6.07) is 0. The van der Waals surface area contributed by atoms with Crippen LogP contribution < -0.4 is 0 Å². The van der Waals surface area contributed by atoms with E-state index in [9.17, 15) is 0 Å². The van der Waals surface area contributed by atoms with E-state index in [-0.39, 0.29) is 0 Å². The molecule has 0 aromatic carbocycles. The lowest BCUT2D eigenvalue weighted by atomic mass is 10.3. The quantitative estimate of drug-likeness (QED) is 0.557. The number of hydrogen-bond acceptors (Lipinski definition) is 1. The molecule has 0 aromatic rings.